The van der Waals surface area contributed by atoms with Crippen LogP contribution in [0.1, 0.15) is 5.69 Å². The topological polar surface area (TPSA) is 142 Å². The van der Waals surface area contributed by atoms with Gasteiger partial charge in [0.15, 0.2) is 5.52 Å². The molecule has 11 heteroatoms. The van der Waals surface area contributed by atoms with Crippen molar-refractivity contribution in [2.24, 2.45) is 0 Å². The minimum atomic E-state index is -0.681. The molecule has 0 aliphatic heterocycles. The molecule has 1 N–H and O–H groups in total. The molecule has 0 aliphatic rings. The van der Waals surface area contributed by atoms with E-state index in [-0.39, 0.29) is 29.8 Å². The Balaban J connectivity index is 1.69. The average Bonchev–Trinajstić information content (AvgIpc) is 2.80. The number of hydrogen-bond donors (Lipinski definition) is 1. The third-order valence-corrected chi connectivity index (χ3v) is 4.70. The number of nitrogens with one attached hydrogen (secondary N) is 1. The maximum absolute atomic E-state index is 13.1. The van der Waals surface area contributed by atoms with Crippen molar-refractivity contribution < 1.29 is 9.72 Å². The Kier molecular flexibility index (Phi) is 5.53. The number of rotatable bonds is 6. The Labute approximate surface area is 179 Å². The van der Waals surface area contributed by atoms with Crippen molar-refractivity contribution in [1.82, 2.24) is 19.1 Å². The third-order valence-electron chi connectivity index (χ3n) is 4.70. The number of aromatic nitrogens is 4. The lowest BCUT2D eigenvalue weighted by molar-refractivity contribution is -0.384. The standard InChI is InChI=1S/C21H16N6O5/c28-18(24-14-6-8-16(9-7-14)27(31)32)13-25-17-5-3-11-23-19(17)20(29)26(21(25)30)12-15-4-1-2-10-22-15/h1-11H,12-13H2,(H,24,28). The van der Waals surface area contributed by atoms with Gasteiger partial charge in [0.25, 0.3) is 11.2 Å². The fourth-order valence-corrected chi connectivity index (χ4v) is 3.20. The van der Waals surface area contributed by atoms with Crippen LogP contribution in [-0.4, -0.2) is 29.9 Å². The van der Waals surface area contributed by atoms with E-state index >= 15 is 0 Å². The van der Waals surface area contributed by atoms with E-state index in [2.05, 4.69) is 15.3 Å². The van der Waals surface area contributed by atoms with Gasteiger partial charge in [0.05, 0.1) is 22.7 Å². The van der Waals surface area contributed by atoms with E-state index < -0.39 is 22.1 Å². The summed E-state index contributed by atoms with van der Waals surface area (Å²) in [4.78, 5) is 57.1. The number of anilines is 1. The van der Waals surface area contributed by atoms with Crippen molar-refractivity contribution in [1.29, 1.82) is 0 Å². The minimum Gasteiger partial charge on any atom is -0.325 e. The van der Waals surface area contributed by atoms with Crippen LogP contribution in [0.5, 0.6) is 0 Å². The molecule has 3 aromatic heterocycles. The van der Waals surface area contributed by atoms with Crippen molar-refractivity contribution in [3.63, 3.8) is 0 Å². The molecule has 0 spiro atoms. The van der Waals surface area contributed by atoms with E-state index in [1.54, 1.807) is 30.5 Å². The molecule has 32 heavy (non-hydrogen) atoms. The molecule has 4 aromatic rings. The molecule has 0 bridgehead atoms. The van der Waals surface area contributed by atoms with Crippen LogP contribution in [0, 0.1) is 10.1 Å². The lowest BCUT2D eigenvalue weighted by atomic mass is 10.3. The maximum Gasteiger partial charge on any atom is 0.332 e. The van der Waals surface area contributed by atoms with E-state index in [9.17, 15) is 24.5 Å². The van der Waals surface area contributed by atoms with Gasteiger partial charge in [-0.15, -0.1) is 0 Å². The fraction of sp³-hybridized carbons (Fsp3) is 0.0952. The molecule has 11 nitrogen and oxygen atoms in total. The first-order valence-corrected chi connectivity index (χ1v) is 9.46. The Hall–Kier alpha value is -4.67. The number of fused-ring (bicyclic) bond motifs is 1. The van der Waals surface area contributed by atoms with Crippen LogP contribution in [0.25, 0.3) is 11.0 Å². The van der Waals surface area contributed by atoms with E-state index in [4.69, 9.17) is 0 Å². The number of nitrogens with zero attached hydrogens (tertiary/aromatic N) is 5. The first-order chi connectivity index (χ1) is 15.4. The van der Waals surface area contributed by atoms with Crippen LogP contribution in [0.15, 0.2) is 76.6 Å². The van der Waals surface area contributed by atoms with Gasteiger partial charge < -0.3 is 5.32 Å². The number of carbonyl (C=O) groups excluding carboxylic acids is 1. The zero-order valence-electron chi connectivity index (χ0n) is 16.5. The normalized spacial score (nSPS) is 10.8. The van der Waals surface area contributed by atoms with Gasteiger partial charge in [-0.1, -0.05) is 6.07 Å². The number of amides is 1. The summed E-state index contributed by atoms with van der Waals surface area (Å²) in [6.45, 7) is -0.463. The number of non-ortho nitro benzene ring substituents is 1. The summed E-state index contributed by atoms with van der Waals surface area (Å²) in [5, 5.41) is 13.4. The van der Waals surface area contributed by atoms with Crippen molar-refractivity contribution in [2.45, 2.75) is 13.1 Å². The molecule has 0 saturated heterocycles. The second-order valence-electron chi connectivity index (χ2n) is 6.80. The number of carbonyl (C=O) groups is 1. The number of benzene rings is 1. The quantitative estimate of drug-likeness (QED) is 0.360. The first-order valence-electron chi connectivity index (χ1n) is 9.46. The Bertz CT molecular complexity index is 1430. The van der Waals surface area contributed by atoms with Crippen LogP contribution in [-0.2, 0) is 17.9 Å². The number of nitro benzene ring substituents is 1. The lowest BCUT2D eigenvalue weighted by Gasteiger charge is -2.13. The second-order valence-corrected chi connectivity index (χ2v) is 6.80. The average molecular weight is 432 g/mol. The molecule has 160 valence electrons. The largest absolute Gasteiger partial charge is 0.332 e. The molecule has 0 aliphatic carbocycles. The SMILES string of the molecule is O=C(Cn1c(=O)n(Cc2ccccn2)c(=O)c2ncccc21)Nc1ccc([N+](=O)[O-])cc1. The molecule has 0 fully saturated rings. The van der Waals surface area contributed by atoms with Crippen molar-refractivity contribution in [3.8, 4) is 0 Å². The molecular formula is C21H16N6O5. The highest BCUT2D eigenvalue weighted by atomic mass is 16.6. The van der Waals surface area contributed by atoms with E-state index in [0.717, 1.165) is 9.13 Å². The minimum absolute atomic E-state index is 0.0474. The van der Waals surface area contributed by atoms with Crippen LogP contribution < -0.4 is 16.6 Å². The van der Waals surface area contributed by atoms with Crippen LogP contribution in [0.2, 0.25) is 0 Å². The first kappa shape index (κ1) is 20.6. The number of pyridine rings is 2. The predicted octanol–water partition coefficient (Wildman–Crippen LogP) is 1.55. The molecule has 3 heterocycles. The summed E-state index contributed by atoms with van der Waals surface area (Å²) in [6, 6.07) is 13.5. The molecule has 0 atom stereocenters. The predicted molar refractivity (Wildman–Crippen MR) is 115 cm³/mol. The summed E-state index contributed by atoms with van der Waals surface area (Å²) >= 11 is 0. The van der Waals surface area contributed by atoms with Gasteiger partial charge in [-0.3, -0.25) is 33.8 Å². The van der Waals surface area contributed by atoms with Crippen molar-refractivity contribution in [2.75, 3.05) is 5.32 Å². The smallest absolute Gasteiger partial charge is 0.325 e. The molecular weight excluding hydrogens is 416 g/mol. The summed E-state index contributed by atoms with van der Waals surface area (Å²) < 4.78 is 2.14. The van der Waals surface area contributed by atoms with Gasteiger partial charge in [0.1, 0.15) is 6.54 Å². The second kappa shape index (κ2) is 8.60. The Morgan fingerprint density at radius 3 is 2.41 bits per heavy atom. The summed E-state index contributed by atoms with van der Waals surface area (Å²) in [5.41, 5.74) is -0.271. The zero-order chi connectivity index (χ0) is 22.7. The van der Waals surface area contributed by atoms with Crippen LogP contribution in [0.3, 0.4) is 0 Å². The molecule has 0 unspecified atom stereocenters. The van der Waals surface area contributed by atoms with Crippen molar-refractivity contribution >= 4 is 28.3 Å². The molecule has 0 saturated carbocycles. The van der Waals surface area contributed by atoms with E-state index in [1.165, 1.54) is 36.5 Å². The third kappa shape index (κ3) is 4.12. The van der Waals surface area contributed by atoms with E-state index in [1.807, 2.05) is 0 Å². The highest BCUT2D eigenvalue weighted by Crippen LogP contribution is 2.15. The molecule has 0 radical (unpaired) electrons. The Morgan fingerprint density at radius 1 is 0.969 bits per heavy atom. The van der Waals surface area contributed by atoms with Gasteiger partial charge in [0, 0.05) is 30.2 Å². The zero-order valence-corrected chi connectivity index (χ0v) is 16.5. The summed E-state index contributed by atoms with van der Waals surface area (Å²) in [5.74, 6) is -0.547. The van der Waals surface area contributed by atoms with Gasteiger partial charge in [-0.05, 0) is 36.4 Å². The van der Waals surface area contributed by atoms with Gasteiger partial charge >= 0.3 is 5.69 Å². The Morgan fingerprint density at radius 2 is 1.72 bits per heavy atom. The van der Waals surface area contributed by atoms with Gasteiger partial charge in [0.2, 0.25) is 5.91 Å². The molecule has 1 aromatic carbocycles. The lowest BCUT2D eigenvalue weighted by Crippen LogP contribution is -2.42. The van der Waals surface area contributed by atoms with Gasteiger partial charge in [-0.2, -0.15) is 0 Å². The summed E-state index contributed by atoms with van der Waals surface area (Å²) in [6.07, 6.45) is 2.98. The fourth-order valence-electron chi connectivity index (χ4n) is 3.20. The highest BCUT2D eigenvalue weighted by molar-refractivity contribution is 5.91. The van der Waals surface area contributed by atoms with Crippen LogP contribution >= 0.6 is 0 Å². The van der Waals surface area contributed by atoms with Crippen LogP contribution in [0.4, 0.5) is 11.4 Å². The summed E-state index contributed by atoms with van der Waals surface area (Å²) in [7, 11) is 0. The van der Waals surface area contributed by atoms with E-state index in [0.29, 0.717) is 11.4 Å². The maximum atomic E-state index is 13.1. The monoisotopic (exact) mass is 432 g/mol. The van der Waals surface area contributed by atoms with Gasteiger partial charge in [-0.25, -0.2) is 9.78 Å². The molecule has 1 amide bonds. The number of hydrogen-bond acceptors (Lipinski definition) is 7. The molecule has 4 rings (SSSR count). The van der Waals surface area contributed by atoms with Crippen molar-refractivity contribution in [3.05, 3.63) is 104 Å². The number of nitro groups is 1. The highest BCUT2D eigenvalue weighted by Gasteiger charge is 2.17.